The number of aromatic nitrogens is 1. The molecule has 2 heterocycles. The van der Waals surface area contributed by atoms with E-state index in [1.807, 2.05) is 31.4 Å². The monoisotopic (exact) mass is 393 g/mol. The highest BCUT2D eigenvalue weighted by atomic mass is 15.2. The van der Waals surface area contributed by atoms with E-state index < -0.39 is 0 Å². The fourth-order valence-electron chi connectivity index (χ4n) is 3.93. The number of nitrogens with one attached hydrogen (secondary N) is 2. The van der Waals surface area contributed by atoms with Gasteiger partial charge in [0.05, 0.1) is 12.2 Å². The van der Waals surface area contributed by atoms with Crippen LogP contribution in [0.4, 0.5) is 0 Å². The van der Waals surface area contributed by atoms with Crippen LogP contribution >= 0.6 is 0 Å². The molecule has 156 valence electrons. The minimum Gasteiger partial charge on any atom is -0.356 e. The van der Waals surface area contributed by atoms with Crippen molar-refractivity contribution in [1.82, 2.24) is 20.5 Å². The van der Waals surface area contributed by atoms with Crippen LogP contribution in [0.5, 0.6) is 0 Å². The van der Waals surface area contributed by atoms with Crippen molar-refractivity contribution in [1.29, 1.82) is 0 Å². The number of likely N-dealkylation sites (tertiary alicyclic amines) is 1. The molecule has 2 aromatic rings. The summed E-state index contributed by atoms with van der Waals surface area (Å²) in [5.41, 5.74) is 2.51. The quantitative estimate of drug-likeness (QED) is 0.389. The van der Waals surface area contributed by atoms with E-state index in [4.69, 9.17) is 0 Å². The first-order chi connectivity index (χ1) is 14.3. The number of benzene rings is 1. The molecule has 0 spiro atoms. The Balaban J connectivity index is 1.23. The zero-order valence-electron chi connectivity index (χ0n) is 17.7. The number of nitrogens with zero attached hydrogens (tertiary/aromatic N) is 3. The van der Waals surface area contributed by atoms with E-state index in [0.717, 1.165) is 30.5 Å². The molecule has 0 atom stereocenters. The Hall–Kier alpha value is -2.40. The van der Waals surface area contributed by atoms with Gasteiger partial charge in [-0.2, -0.15) is 0 Å². The molecule has 1 saturated heterocycles. The van der Waals surface area contributed by atoms with Gasteiger partial charge in [-0.1, -0.05) is 36.4 Å². The van der Waals surface area contributed by atoms with Crippen LogP contribution in [0.15, 0.2) is 59.7 Å². The maximum Gasteiger partial charge on any atom is 0.191 e. The van der Waals surface area contributed by atoms with E-state index in [2.05, 4.69) is 55.8 Å². The molecule has 1 aliphatic rings. The van der Waals surface area contributed by atoms with Gasteiger partial charge in [-0.05, 0) is 75.4 Å². The van der Waals surface area contributed by atoms with Gasteiger partial charge in [0.2, 0.25) is 0 Å². The van der Waals surface area contributed by atoms with Crippen LogP contribution in [0, 0.1) is 5.92 Å². The fraction of sp³-hybridized carbons (Fsp3) is 0.500. The van der Waals surface area contributed by atoms with Crippen LogP contribution in [0.2, 0.25) is 0 Å². The molecule has 5 nitrogen and oxygen atoms in total. The zero-order chi connectivity index (χ0) is 20.2. The van der Waals surface area contributed by atoms with Crippen molar-refractivity contribution in [2.45, 2.75) is 38.6 Å². The molecular formula is C24H35N5. The third kappa shape index (κ3) is 7.86. The van der Waals surface area contributed by atoms with Crippen LogP contribution in [-0.4, -0.2) is 49.1 Å². The minimum absolute atomic E-state index is 0.693. The van der Waals surface area contributed by atoms with Crippen LogP contribution in [-0.2, 0) is 13.0 Å². The lowest BCUT2D eigenvalue weighted by Crippen LogP contribution is -2.38. The second-order valence-corrected chi connectivity index (χ2v) is 7.86. The number of unbranched alkanes of at least 4 members (excludes halogenated alkanes) is 1. The number of hydrogen-bond donors (Lipinski definition) is 2. The predicted molar refractivity (Wildman–Crippen MR) is 121 cm³/mol. The van der Waals surface area contributed by atoms with Crippen LogP contribution < -0.4 is 10.6 Å². The van der Waals surface area contributed by atoms with Gasteiger partial charge in [0.1, 0.15) is 0 Å². The van der Waals surface area contributed by atoms with Gasteiger partial charge in [0.15, 0.2) is 5.96 Å². The lowest BCUT2D eigenvalue weighted by atomic mass is 9.90. The van der Waals surface area contributed by atoms with E-state index in [0.29, 0.717) is 6.54 Å². The maximum absolute atomic E-state index is 4.32. The average Bonchev–Trinajstić information content (AvgIpc) is 2.78. The molecule has 2 N–H and O–H groups in total. The van der Waals surface area contributed by atoms with Crippen LogP contribution in [0.3, 0.4) is 0 Å². The number of piperidine rings is 1. The highest BCUT2D eigenvalue weighted by molar-refractivity contribution is 5.79. The molecule has 1 fully saturated rings. The molecule has 29 heavy (non-hydrogen) atoms. The first-order valence-corrected chi connectivity index (χ1v) is 10.9. The Morgan fingerprint density at radius 2 is 1.83 bits per heavy atom. The van der Waals surface area contributed by atoms with Gasteiger partial charge in [-0.25, -0.2) is 0 Å². The standard InChI is InChI=1S/C24H35N5/c1-25-24(28-20-23-11-5-6-14-26-23)27-15-7-8-16-29-17-12-22(13-18-29)19-21-9-3-2-4-10-21/h2-6,9-11,14,22H,7-8,12-13,15-20H2,1H3,(H2,25,27,28). The Kier molecular flexibility index (Phi) is 8.98. The Labute approximate surface area is 175 Å². The summed E-state index contributed by atoms with van der Waals surface area (Å²) in [5, 5.41) is 6.72. The third-order valence-electron chi connectivity index (χ3n) is 5.65. The molecule has 1 aromatic carbocycles. The third-order valence-corrected chi connectivity index (χ3v) is 5.65. The Morgan fingerprint density at radius 3 is 2.55 bits per heavy atom. The average molecular weight is 394 g/mol. The molecule has 0 saturated carbocycles. The normalized spacial score (nSPS) is 16.0. The molecule has 1 aromatic heterocycles. The van der Waals surface area contributed by atoms with Crippen molar-refractivity contribution in [2.24, 2.45) is 10.9 Å². The largest absolute Gasteiger partial charge is 0.356 e. The summed E-state index contributed by atoms with van der Waals surface area (Å²) in [7, 11) is 1.81. The van der Waals surface area contributed by atoms with Crippen LogP contribution in [0.1, 0.15) is 36.9 Å². The van der Waals surface area contributed by atoms with Gasteiger partial charge in [-0.15, -0.1) is 0 Å². The molecule has 5 heteroatoms. The Bertz CT molecular complexity index is 709. The number of rotatable bonds is 9. The highest BCUT2D eigenvalue weighted by Gasteiger charge is 2.18. The predicted octanol–water partition coefficient (Wildman–Crippen LogP) is 3.48. The first-order valence-electron chi connectivity index (χ1n) is 10.9. The Morgan fingerprint density at radius 1 is 1.03 bits per heavy atom. The molecule has 0 amide bonds. The van der Waals surface area contributed by atoms with E-state index in [1.165, 1.54) is 50.9 Å². The first kappa shape index (κ1) is 21.3. The molecule has 0 aliphatic carbocycles. The summed E-state index contributed by atoms with van der Waals surface area (Å²) >= 11 is 0. The van der Waals surface area contributed by atoms with E-state index >= 15 is 0 Å². The molecular weight excluding hydrogens is 358 g/mol. The lowest BCUT2D eigenvalue weighted by molar-refractivity contribution is 0.181. The molecule has 0 bridgehead atoms. The molecule has 0 radical (unpaired) electrons. The van der Waals surface area contributed by atoms with Crippen molar-refractivity contribution in [3.63, 3.8) is 0 Å². The number of pyridine rings is 1. The lowest BCUT2D eigenvalue weighted by Gasteiger charge is -2.32. The maximum atomic E-state index is 4.32. The minimum atomic E-state index is 0.693. The number of aliphatic imine (C=N–C) groups is 1. The molecule has 0 unspecified atom stereocenters. The van der Waals surface area contributed by atoms with Crippen molar-refractivity contribution in [3.05, 3.63) is 66.0 Å². The zero-order valence-corrected chi connectivity index (χ0v) is 17.7. The van der Waals surface area contributed by atoms with E-state index in [-0.39, 0.29) is 0 Å². The second-order valence-electron chi connectivity index (χ2n) is 7.86. The van der Waals surface area contributed by atoms with Crippen molar-refractivity contribution >= 4 is 5.96 Å². The SMILES string of the molecule is CN=C(NCCCCN1CCC(Cc2ccccc2)CC1)NCc1ccccn1. The summed E-state index contributed by atoms with van der Waals surface area (Å²) in [4.78, 5) is 11.2. The smallest absolute Gasteiger partial charge is 0.191 e. The second kappa shape index (κ2) is 12.2. The van der Waals surface area contributed by atoms with E-state index in [9.17, 15) is 0 Å². The summed E-state index contributed by atoms with van der Waals surface area (Å²) < 4.78 is 0. The summed E-state index contributed by atoms with van der Waals surface area (Å²) in [5.74, 6) is 1.70. The van der Waals surface area contributed by atoms with E-state index in [1.54, 1.807) is 0 Å². The van der Waals surface area contributed by atoms with Gasteiger partial charge in [0.25, 0.3) is 0 Å². The number of guanidine groups is 1. The summed E-state index contributed by atoms with van der Waals surface area (Å²) in [6, 6.07) is 16.9. The van der Waals surface area contributed by atoms with Gasteiger partial charge >= 0.3 is 0 Å². The topological polar surface area (TPSA) is 52.6 Å². The summed E-state index contributed by atoms with van der Waals surface area (Å²) in [6.45, 7) is 5.35. The highest BCUT2D eigenvalue weighted by Crippen LogP contribution is 2.21. The number of hydrogen-bond acceptors (Lipinski definition) is 3. The van der Waals surface area contributed by atoms with Crippen molar-refractivity contribution < 1.29 is 0 Å². The van der Waals surface area contributed by atoms with Crippen LogP contribution in [0.25, 0.3) is 0 Å². The molecule has 1 aliphatic heterocycles. The van der Waals surface area contributed by atoms with Gasteiger partial charge in [0, 0.05) is 19.8 Å². The molecule has 3 rings (SSSR count). The fourth-order valence-corrected chi connectivity index (χ4v) is 3.93. The van der Waals surface area contributed by atoms with Crippen molar-refractivity contribution in [2.75, 3.05) is 33.2 Å². The van der Waals surface area contributed by atoms with Gasteiger partial charge in [-0.3, -0.25) is 9.98 Å². The van der Waals surface area contributed by atoms with Crippen molar-refractivity contribution in [3.8, 4) is 0 Å². The van der Waals surface area contributed by atoms with Gasteiger partial charge < -0.3 is 15.5 Å². The summed E-state index contributed by atoms with van der Waals surface area (Å²) in [6.07, 6.45) is 8.11.